The molecule has 0 bridgehead atoms. The maximum atomic E-state index is 11.9. The maximum Gasteiger partial charge on any atom is 0.219 e. The first kappa shape index (κ1) is 42.8. The zero-order chi connectivity index (χ0) is 32.0. The molecule has 0 aromatic rings. The van der Waals surface area contributed by atoms with Crippen LogP contribution in [0.3, 0.4) is 0 Å². The third-order valence-corrected chi connectivity index (χ3v) is 8.09. The van der Waals surface area contributed by atoms with Crippen molar-refractivity contribution in [1.29, 1.82) is 0 Å². The van der Waals surface area contributed by atoms with Crippen molar-refractivity contribution < 1.29 is 9.59 Å². The van der Waals surface area contributed by atoms with E-state index in [1.807, 2.05) is 0 Å². The molecule has 0 saturated heterocycles. The summed E-state index contributed by atoms with van der Waals surface area (Å²) in [6, 6.07) is 0. The lowest BCUT2D eigenvalue weighted by Gasteiger charge is -2.09. The molecule has 6 N–H and O–H groups in total. The van der Waals surface area contributed by atoms with Crippen LogP contribution in [0.15, 0.2) is 0 Å². The number of rotatable bonds is 37. The summed E-state index contributed by atoms with van der Waals surface area (Å²) in [6.45, 7) is 14.3. The van der Waals surface area contributed by atoms with Crippen molar-refractivity contribution in [2.45, 2.75) is 155 Å². The monoisotopic (exact) mass is 625 g/mol. The summed E-state index contributed by atoms with van der Waals surface area (Å²) in [5.41, 5.74) is 0. The lowest BCUT2D eigenvalue weighted by atomic mass is 10.1. The third kappa shape index (κ3) is 37.0. The van der Waals surface area contributed by atoms with Crippen LogP contribution in [0.4, 0.5) is 0 Å². The van der Waals surface area contributed by atoms with Crippen LogP contribution in [0.1, 0.15) is 155 Å². The molecule has 0 fully saturated rings. The lowest BCUT2D eigenvalue weighted by Crippen LogP contribution is -2.28. The van der Waals surface area contributed by atoms with Crippen LogP contribution >= 0.6 is 0 Å². The molecule has 0 aliphatic rings. The van der Waals surface area contributed by atoms with E-state index in [0.29, 0.717) is 12.8 Å². The highest BCUT2D eigenvalue weighted by atomic mass is 16.2. The number of carbonyl (C=O) groups is 2. The minimum atomic E-state index is 0.216. The topological polar surface area (TPSA) is 106 Å². The molecule has 8 nitrogen and oxygen atoms in total. The standard InChI is InChI=1S/C36H76N6O2/c1-3-5-7-9-11-13-15-23-35(43)41-33-21-31-39-29-19-27-37-25-17-18-26-38-28-20-30-40-32-22-34-42-36(44)24-16-14-12-10-8-6-4-2/h37-40H,3-34H2,1-2H3,(H,41,43)(H,42,44). The second-order valence-corrected chi connectivity index (χ2v) is 12.6. The number of carbonyl (C=O) groups excluding carboxylic acids is 2. The molecule has 0 saturated carbocycles. The molecule has 0 heterocycles. The number of nitrogens with one attached hydrogen (secondary N) is 6. The van der Waals surface area contributed by atoms with E-state index in [2.05, 4.69) is 45.7 Å². The highest BCUT2D eigenvalue weighted by Crippen LogP contribution is 2.09. The summed E-state index contributed by atoms with van der Waals surface area (Å²) in [7, 11) is 0. The van der Waals surface area contributed by atoms with Crippen molar-refractivity contribution in [3.8, 4) is 0 Å². The molecular weight excluding hydrogens is 548 g/mol. The van der Waals surface area contributed by atoms with Crippen molar-refractivity contribution in [3.63, 3.8) is 0 Å². The lowest BCUT2D eigenvalue weighted by molar-refractivity contribution is -0.122. The first-order chi connectivity index (χ1) is 21.7. The Morgan fingerprint density at radius 3 is 0.932 bits per heavy atom. The Bertz CT molecular complexity index is 543. The fourth-order valence-corrected chi connectivity index (χ4v) is 5.22. The zero-order valence-electron chi connectivity index (χ0n) is 29.4. The van der Waals surface area contributed by atoms with Crippen molar-refractivity contribution in [1.82, 2.24) is 31.9 Å². The summed E-state index contributed by atoms with van der Waals surface area (Å²) in [4.78, 5) is 23.8. The second kappa shape index (κ2) is 38.0. The van der Waals surface area contributed by atoms with Crippen LogP contribution < -0.4 is 31.9 Å². The van der Waals surface area contributed by atoms with Gasteiger partial charge in [0.1, 0.15) is 0 Å². The molecule has 0 atom stereocenters. The molecule has 0 aliphatic heterocycles. The van der Waals surface area contributed by atoms with Crippen LogP contribution in [0.25, 0.3) is 0 Å². The molecule has 262 valence electrons. The van der Waals surface area contributed by atoms with Gasteiger partial charge in [0.15, 0.2) is 0 Å². The predicted octanol–water partition coefficient (Wildman–Crippen LogP) is 6.20. The van der Waals surface area contributed by atoms with Crippen molar-refractivity contribution in [2.75, 3.05) is 65.4 Å². The fourth-order valence-electron chi connectivity index (χ4n) is 5.22. The largest absolute Gasteiger partial charge is 0.356 e. The Hall–Kier alpha value is -1.22. The van der Waals surface area contributed by atoms with Gasteiger partial charge in [-0.1, -0.05) is 90.9 Å². The third-order valence-electron chi connectivity index (χ3n) is 8.09. The molecule has 0 aromatic carbocycles. The molecule has 44 heavy (non-hydrogen) atoms. The molecule has 8 heteroatoms. The van der Waals surface area contributed by atoms with Crippen LogP contribution in [0.2, 0.25) is 0 Å². The molecule has 0 aromatic heterocycles. The number of unbranched alkanes of at least 4 members (excludes halogenated alkanes) is 13. The minimum absolute atomic E-state index is 0.216. The SMILES string of the molecule is CCCCCCCCCC(=O)NCCCNCCCNCCCCNCCCNCCCNC(=O)CCCCCCCCC. The minimum Gasteiger partial charge on any atom is -0.356 e. The summed E-state index contributed by atoms with van der Waals surface area (Å²) in [5.74, 6) is 0.433. The van der Waals surface area contributed by atoms with E-state index >= 15 is 0 Å². The smallest absolute Gasteiger partial charge is 0.219 e. The van der Waals surface area contributed by atoms with Gasteiger partial charge in [-0.15, -0.1) is 0 Å². The normalized spacial score (nSPS) is 11.2. The summed E-state index contributed by atoms with van der Waals surface area (Å²) in [5, 5.41) is 20.2. The Balaban J connectivity index is 3.16. The summed E-state index contributed by atoms with van der Waals surface area (Å²) >= 11 is 0. The van der Waals surface area contributed by atoms with E-state index in [9.17, 15) is 9.59 Å². The fraction of sp³-hybridized carbons (Fsp3) is 0.944. The van der Waals surface area contributed by atoms with E-state index in [0.717, 1.165) is 104 Å². The maximum absolute atomic E-state index is 11.9. The highest BCUT2D eigenvalue weighted by molar-refractivity contribution is 5.76. The molecule has 0 radical (unpaired) electrons. The van der Waals surface area contributed by atoms with E-state index < -0.39 is 0 Å². The average Bonchev–Trinajstić information content (AvgIpc) is 3.02. The van der Waals surface area contributed by atoms with Crippen LogP contribution in [0.5, 0.6) is 0 Å². The predicted molar refractivity (Wildman–Crippen MR) is 190 cm³/mol. The van der Waals surface area contributed by atoms with Gasteiger partial charge in [-0.3, -0.25) is 9.59 Å². The van der Waals surface area contributed by atoms with Crippen molar-refractivity contribution in [2.24, 2.45) is 0 Å². The van der Waals surface area contributed by atoms with Gasteiger partial charge in [0.05, 0.1) is 0 Å². The van der Waals surface area contributed by atoms with Gasteiger partial charge >= 0.3 is 0 Å². The van der Waals surface area contributed by atoms with Gasteiger partial charge in [0, 0.05) is 25.9 Å². The van der Waals surface area contributed by atoms with Crippen LogP contribution in [0, 0.1) is 0 Å². The zero-order valence-corrected chi connectivity index (χ0v) is 29.4. The van der Waals surface area contributed by atoms with Gasteiger partial charge in [0.2, 0.25) is 11.8 Å². The average molecular weight is 625 g/mol. The van der Waals surface area contributed by atoms with Crippen LogP contribution in [-0.2, 0) is 9.59 Å². The Morgan fingerprint density at radius 1 is 0.318 bits per heavy atom. The molecule has 0 aliphatic carbocycles. The van der Waals surface area contributed by atoms with E-state index in [1.54, 1.807) is 0 Å². The number of hydrogen-bond acceptors (Lipinski definition) is 6. The first-order valence-corrected chi connectivity index (χ1v) is 19.1. The Kier molecular flexibility index (Phi) is 36.9. The molecule has 0 rings (SSSR count). The summed E-state index contributed by atoms with van der Waals surface area (Å²) < 4.78 is 0. The molecule has 0 spiro atoms. The molecule has 2 amide bonds. The number of hydrogen-bond donors (Lipinski definition) is 6. The van der Waals surface area contributed by atoms with Gasteiger partial charge in [-0.25, -0.2) is 0 Å². The van der Waals surface area contributed by atoms with Gasteiger partial charge in [-0.05, 0) is 104 Å². The first-order valence-electron chi connectivity index (χ1n) is 19.1. The van der Waals surface area contributed by atoms with Gasteiger partial charge < -0.3 is 31.9 Å². The van der Waals surface area contributed by atoms with E-state index in [4.69, 9.17) is 0 Å². The summed E-state index contributed by atoms with van der Waals surface area (Å²) in [6.07, 6.45) is 25.6. The quantitative estimate of drug-likeness (QED) is 0.0460. The van der Waals surface area contributed by atoms with E-state index in [1.165, 1.54) is 89.9 Å². The second-order valence-electron chi connectivity index (χ2n) is 12.6. The highest BCUT2D eigenvalue weighted by Gasteiger charge is 2.02. The van der Waals surface area contributed by atoms with E-state index in [-0.39, 0.29) is 11.8 Å². The van der Waals surface area contributed by atoms with Crippen LogP contribution in [-0.4, -0.2) is 77.3 Å². The van der Waals surface area contributed by atoms with Gasteiger partial charge in [0.25, 0.3) is 0 Å². The Labute approximate surface area is 273 Å². The number of amides is 2. The molecular formula is C36H76N6O2. The van der Waals surface area contributed by atoms with Crippen molar-refractivity contribution in [3.05, 3.63) is 0 Å². The Morgan fingerprint density at radius 2 is 0.591 bits per heavy atom. The van der Waals surface area contributed by atoms with Gasteiger partial charge in [-0.2, -0.15) is 0 Å². The van der Waals surface area contributed by atoms with Crippen molar-refractivity contribution >= 4 is 11.8 Å². The molecule has 0 unspecified atom stereocenters.